The molecule has 0 spiro atoms. The van der Waals surface area contributed by atoms with Crippen LogP contribution in [0.3, 0.4) is 0 Å². The number of aromatic nitrogens is 2. The predicted octanol–water partition coefficient (Wildman–Crippen LogP) is 5.53. The monoisotopic (exact) mass is 550 g/mol. The highest BCUT2D eigenvalue weighted by Crippen LogP contribution is 2.31. The Hall–Kier alpha value is -4.02. The van der Waals surface area contributed by atoms with Crippen LogP contribution in [0.2, 0.25) is 0 Å². The molecule has 0 atom stereocenters. The number of nitrogens with zero attached hydrogens (tertiary/aromatic N) is 4. The van der Waals surface area contributed by atoms with Gasteiger partial charge in [-0.05, 0) is 89.0 Å². The van der Waals surface area contributed by atoms with Crippen LogP contribution in [-0.4, -0.2) is 53.2 Å². The first kappa shape index (κ1) is 29.0. The standard InChI is InChI=1S/C30H33F3N6O/c1-29(2,19-34)27-10-9-22(18-36-27)35-13-5-6-23-17-24-25(7-4-8-26(24)39(23)20-30(31,32)33)37-28(40)16-21-11-14-38(3)15-12-21/h4,7-10,17-18,21,35H,11-16,20H2,1-3H3,(H,37,40). The number of alkyl halides is 3. The van der Waals surface area contributed by atoms with E-state index >= 15 is 0 Å². The van der Waals surface area contributed by atoms with Gasteiger partial charge < -0.3 is 20.1 Å². The first-order valence-electron chi connectivity index (χ1n) is 13.2. The molecular formula is C30H33F3N6O. The van der Waals surface area contributed by atoms with Gasteiger partial charge >= 0.3 is 6.18 Å². The summed E-state index contributed by atoms with van der Waals surface area (Å²) in [6.07, 6.45) is -0.574. The van der Waals surface area contributed by atoms with Gasteiger partial charge in [0.2, 0.25) is 5.91 Å². The molecule has 1 saturated heterocycles. The zero-order valence-corrected chi connectivity index (χ0v) is 22.9. The minimum Gasteiger partial charge on any atom is -0.373 e. The first-order valence-corrected chi connectivity index (χ1v) is 13.2. The molecule has 3 aromatic rings. The lowest BCUT2D eigenvalue weighted by atomic mass is 9.91. The van der Waals surface area contributed by atoms with Crippen LogP contribution >= 0.6 is 0 Å². The molecule has 2 aromatic heterocycles. The van der Waals surface area contributed by atoms with Gasteiger partial charge in [0.05, 0.1) is 52.5 Å². The highest BCUT2D eigenvalue weighted by Gasteiger charge is 2.30. The lowest BCUT2D eigenvalue weighted by molar-refractivity contribution is -0.140. The van der Waals surface area contributed by atoms with Crippen LogP contribution < -0.4 is 10.6 Å². The molecule has 210 valence electrons. The lowest BCUT2D eigenvalue weighted by Crippen LogP contribution is -2.31. The molecule has 0 bridgehead atoms. The number of anilines is 2. The van der Waals surface area contributed by atoms with Crippen molar-refractivity contribution in [1.29, 1.82) is 5.26 Å². The fraction of sp³-hybridized carbons (Fsp3) is 0.433. The molecule has 1 aliphatic heterocycles. The Morgan fingerprint density at radius 3 is 2.58 bits per heavy atom. The Morgan fingerprint density at radius 1 is 1.18 bits per heavy atom. The van der Waals surface area contributed by atoms with Crippen molar-refractivity contribution < 1.29 is 18.0 Å². The average molecular weight is 551 g/mol. The Balaban J connectivity index is 1.51. The molecular weight excluding hydrogens is 517 g/mol. The number of piperidine rings is 1. The number of hydrogen-bond donors (Lipinski definition) is 2. The van der Waals surface area contributed by atoms with Crippen LogP contribution in [0.5, 0.6) is 0 Å². The third-order valence-corrected chi connectivity index (χ3v) is 7.15. The van der Waals surface area contributed by atoms with E-state index in [-0.39, 0.29) is 18.1 Å². The van der Waals surface area contributed by atoms with E-state index in [0.29, 0.717) is 40.3 Å². The second-order valence-corrected chi connectivity index (χ2v) is 10.8. The molecule has 3 heterocycles. The SMILES string of the molecule is CN1CCC(CC(=O)Nc2cccc3c2cc(C#CCNc2ccc(C(C)(C)C#N)nc2)n3CC(F)(F)F)CC1. The summed E-state index contributed by atoms with van der Waals surface area (Å²) in [6.45, 7) is 4.44. The topological polar surface area (TPSA) is 86.0 Å². The Morgan fingerprint density at radius 2 is 1.93 bits per heavy atom. The number of nitriles is 1. The summed E-state index contributed by atoms with van der Waals surface area (Å²) in [5, 5.41) is 15.8. The van der Waals surface area contributed by atoms with E-state index in [2.05, 4.69) is 45.5 Å². The van der Waals surface area contributed by atoms with Crippen molar-refractivity contribution in [3.63, 3.8) is 0 Å². The maximum absolute atomic E-state index is 13.5. The maximum atomic E-state index is 13.5. The smallest absolute Gasteiger partial charge is 0.373 e. The maximum Gasteiger partial charge on any atom is 0.406 e. The molecule has 4 rings (SSSR count). The summed E-state index contributed by atoms with van der Waals surface area (Å²) in [5.74, 6) is 5.91. The third-order valence-electron chi connectivity index (χ3n) is 7.15. The largest absolute Gasteiger partial charge is 0.406 e. The lowest BCUT2D eigenvalue weighted by Gasteiger charge is -2.28. The van der Waals surface area contributed by atoms with E-state index in [1.54, 1.807) is 56.4 Å². The highest BCUT2D eigenvalue weighted by atomic mass is 19.4. The van der Waals surface area contributed by atoms with Crippen LogP contribution in [0.1, 0.15) is 44.5 Å². The van der Waals surface area contributed by atoms with Crippen LogP contribution in [-0.2, 0) is 16.8 Å². The van der Waals surface area contributed by atoms with E-state index < -0.39 is 18.1 Å². The molecule has 0 saturated carbocycles. The Bertz CT molecular complexity index is 1450. The van der Waals surface area contributed by atoms with Gasteiger partial charge in [0.1, 0.15) is 6.54 Å². The van der Waals surface area contributed by atoms with E-state index in [1.807, 2.05) is 0 Å². The van der Waals surface area contributed by atoms with Crippen molar-refractivity contribution in [3.8, 4) is 17.9 Å². The van der Waals surface area contributed by atoms with Gasteiger partial charge in [-0.15, -0.1) is 0 Å². The Labute approximate surface area is 232 Å². The summed E-state index contributed by atoms with van der Waals surface area (Å²) in [7, 11) is 2.06. The number of benzene rings is 1. The number of carbonyl (C=O) groups is 1. The van der Waals surface area contributed by atoms with Crippen molar-refractivity contribution >= 4 is 28.2 Å². The predicted molar refractivity (Wildman–Crippen MR) is 150 cm³/mol. The number of hydrogen-bond acceptors (Lipinski definition) is 5. The zero-order chi connectivity index (χ0) is 28.9. The van der Waals surface area contributed by atoms with Crippen LogP contribution in [0.4, 0.5) is 24.5 Å². The Kier molecular flexibility index (Phi) is 8.70. The fourth-order valence-electron chi connectivity index (χ4n) is 4.78. The minimum absolute atomic E-state index is 0.139. The molecule has 1 fully saturated rings. The molecule has 0 radical (unpaired) electrons. The number of carbonyl (C=O) groups excluding carboxylic acids is 1. The zero-order valence-electron chi connectivity index (χ0n) is 22.9. The molecule has 1 amide bonds. The van der Waals surface area contributed by atoms with E-state index in [9.17, 15) is 23.2 Å². The van der Waals surface area contributed by atoms with E-state index in [0.717, 1.165) is 30.5 Å². The quantitative estimate of drug-likeness (QED) is 0.378. The van der Waals surface area contributed by atoms with Gasteiger partial charge in [-0.2, -0.15) is 18.4 Å². The molecule has 2 N–H and O–H groups in total. The summed E-state index contributed by atoms with van der Waals surface area (Å²) in [6, 6.07) is 12.3. The third kappa shape index (κ3) is 7.34. The van der Waals surface area contributed by atoms with Gasteiger partial charge in [-0.25, -0.2) is 0 Å². The molecule has 7 nitrogen and oxygen atoms in total. The number of halogens is 3. The number of likely N-dealkylation sites (tertiary alicyclic amines) is 1. The van der Waals surface area contributed by atoms with E-state index in [4.69, 9.17) is 0 Å². The number of pyridine rings is 1. The number of amides is 1. The number of nitrogens with one attached hydrogen (secondary N) is 2. The molecule has 1 aromatic carbocycles. The van der Waals surface area contributed by atoms with Gasteiger partial charge in [-0.3, -0.25) is 9.78 Å². The van der Waals surface area contributed by atoms with Gasteiger partial charge in [0, 0.05) is 11.8 Å². The van der Waals surface area contributed by atoms with Crippen molar-refractivity contribution in [2.45, 2.75) is 51.2 Å². The summed E-state index contributed by atoms with van der Waals surface area (Å²) in [4.78, 5) is 19.3. The summed E-state index contributed by atoms with van der Waals surface area (Å²) in [5.41, 5.74) is 1.64. The highest BCUT2D eigenvalue weighted by molar-refractivity contribution is 6.02. The molecule has 10 heteroatoms. The summed E-state index contributed by atoms with van der Waals surface area (Å²) < 4.78 is 41.6. The van der Waals surface area contributed by atoms with Gasteiger partial charge in [0.25, 0.3) is 0 Å². The normalized spacial score (nSPS) is 14.8. The van der Waals surface area contributed by atoms with Crippen LogP contribution in [0, 0.1) is 29.1 Å². The second kappa shape index (κ2) is 12.0. The fourth-order valence-corrected chi connectivity index (χ4v) is 4.78. The first-order chi connectivity index (χ1) is 18.9. The molecule has 0 aliphatic carbocycles. The number of fused-ring (bicyclic) bond motifs is 1. The molecule has 1 aliphatic rings. The van der Waals surface area contributed by atoms with E-state index in [1.165, 1.54) is 0 Å². The molecule has 40 heavy (non-hydrogen) atoms. The average Bonchev–Trinajstić information content (AvgIpc) is 3.25. The van der Waals surface area contributed by atoms with Gasteiger partial charge in [-0.1, -0.05) is 12.0 Å². The van der Waals surface area contributed by atoms with Crippen molar-refractivity contribution in [3.05, 3.63) is 54.0 Å². The van der Waals surface area contributed by atoms with Gasteiger partial charge in [0.15, 0.2) is 0 Å². The van der Waals surface area contributed by atoms with Crippen LogP contribution in [0.15, 0.2) is 42.6 Å². The van der Waals surface area contributed by atoms with Crippen molar-refractivity contribution in [2.24, 2.45) is 5.92 Å². The second-order valence-electron chi connectivity index (χ2n) is 10.8. The molecule has 0 unspecified atom stereocenters. The van der Waals surface area contributed by atoms with Crippen molar-refractivity contribution in [1.82, 2.24) is 14.5 Å². The van der Waals surface area contributed by atoms with Crippen LogP contribution in [0.25, 0.3) is 10.9 Å². The minimum atomic E-state index is -4.45. The number of rotatable bonds is 7. The van der Waals surface area contributed by atoms with Crippen molar-refractivity contribution in [2.75, 3.05) is 37.3 Å². The summed E-state index contributed by atoms with van der Waals surface area (Å²) >= 11 is 0.